The Hall–Kier alpha value is -8.12. The maximum atomic E-state index is 6.21. The highest BCUT2D eigenvalue weighted by molar-refractivity contribution is 9.10. The summed E-state index contributed by atoms with van der Waals surface area (Å²) in [5.74, 6) is 0. The first-order valence-electron chi connectivity index (χ1n) is 21.6. The number of benzene rings is 10. The molecule has 0 unspecified atom stereocenters. The Morgan fingerprint density at radius 3 is 1.28 bits per heavy atom. The Morgan fingerprint density at radius 1 is 0.323 bits per heavy atom. The number of nitrogens with one attached hydrogen (secondary N) is 1. The van der Waals surface area contributed by atoms with E-state index >= 15 is 0 Å². The summed E-state index contributed by atoms with van der Waals surface area (Å²) in [4.78, 5) is 0. The van der Waals surface area contributed by atoms with E-state index in [4.69, 9.17) is 14.6 Å². The summed E-state index contributed by atoms with van der Waals surface area (Å²) >= 11 is 3.47. The third-order valence-electron chi connectivity index (χ3n) is 11.5. The zero-order chi connectivity index (χ0) is 44.0. The topological polar surface area (TPSA) is 64.3 Å². The molecule has 0 saturated heterocycles. The van der Waals surface area contributed by atoms with Gasteiger partial charge in [-0.05, 0) is 70.8 Å². The molecule has 0 radical (unpaired) electrons. The fourth-order valence-corrected chi connectivity index (χ4v) is 8.57. The second-order valence-electron chi connectivity index (χ2n) is 15.6. The molecular weight excluding hydrogens is 861 g/mol. The highest BCUT2D eigenvalue weighted by atomic mass is 79.9. The zero-order valence-corrected chi connectivity index (χ0v) is 37.0. The van der Waals surface area contributed by atoms with Crippen LogP contribution in [0.3, 0.4) is 0 Å². The molecule has 312 valence electrons. The number of halogens is 1. The van der Waals surface area contributed by atoms with E-state index in [9.17, 15) is 0 Å². The van der Waals surface area contributed by atoms with Crippen LogP contribution in [0.4, 0.5) is 17.1 Å². The second-order valence-corrected chi connectivity index (χ2v) is 16.6. The number of fused-ring (bicyclic) bond motifs is 6. The second kappa shape index (κ2) is 18.7. The van der Waals surface area contributed by atoms with Gasteiger partial charge in [-0.25, -0.2) is 0 Å². The van der Waals surface area contributed by atoms with Gasteiger partial charge in [-0.2, -0.15) is 0 Å². The lowest BCUT2D eigenvalue weighted by atomic mass is 10.0. The third-order valence-corrected chi connectivity index (χ3v) is 12.0. The van der Waals surface area contributed by atoms with Gasteiger partial charge in [0.15, 0.2) is 0 Å². The predicted molar refractivity (Wildman–Crippen MR) is 277 cm³/mol. The molecule has 0 bridgehead atoms. The first-order chi connectivity index (χ1) is 32.1. The molecule has 0 fully saturated rings. The van der Waals surface area contributed by atoms with Crippen LogP contribution in [0.15, 0.2) is 256 Å². The van der Waals surface area contributed by atoms with Gasteiger partial charge < -0.3 is 19.9 Å². The molecule has 0 spiro atoms. The molecule has 0 aliphatic rings. The molecule has 0 aliphatic heterocycles. The number of hydrogen-bond acceptors (Lipinski definition) is 4. The van der Waals surface area contributed by atoms with Crippen LogP contribution in [0.2, 0.25) is 0 Å². The van der Waals surface area contributed by atoms with E-state index in [1.807, 2.05) is 78.9 Å². The highest BCUT2D eigenvalue weighted by Gasteiger charge is 2.13. The lowest BCUT2D eigenvalue weighted by Crippen LogP contribution is -1.93. The molecule has 4 nitrogen and oxygen atoms in total. The molecule has 0 saturated carbocycles. The fraction of sp³-hybridized carbons (Fsp3) is 0. The normalized spacial score (nSPS) is 10.9. The zero-order valence-electron chi connectivity index (χ0n) is 35.4. The number of anilines is 3. The van der Waals surface area contributed by atoms with Gasteiger partial charge >= 0.3 is 0 Å². The SMILES string of the molecule is Brc1ccc(-c2cccc3c2oc2ccccc23)cc1.Nc1ccccc1-c1ccccc1.c1ccc(-c2ccccc2Nc2ccc(-c3cccc4c3oc3ccccc34)cc2)cc1. The maximum Gasteiger partial charge on any atom is 0.143 e. The minimum atomic E-state index is 0.828. The predicted octanol–water partition coefficient (Wildman–Crippen LogP) is 17.6. The van der Waals surface area contributed by atoms with E-state index in [1.54, 1.807) is 0 Å². The molecule has 12 aromatic rings. The van der Waals surface area contributed by atoms with Crippen molar-refractivity contribution in [2.45, 2.75) is 0 Å². The Balaban J connectivity index is 0.000000128. The monoisotopic (exact) mass is 902 g/mol. The highest BCUT2D eigenvalue weighted by Crippen LogP contribution is 2.38. The number of nitrogens with two attached hydrogens (primary N) is 1. The first kappa shape index (κ1) is 40.9. The first-order valence-corrected chi connectivity index (χ1v) is 22.3. The molecule has 2 heterocycles. The number of hydrogen-bond donors (Lipinski definition) is 2. The van der Waals surface area contributed by atoms with E-state index in [2.05, 4.69) is 185 Å². The van der Waals surface area contributed by atoms with Crippen LogP contribution in [0.1, 0.15) is 0 Å². The summed E-state index contributed by atoms with van der Waals surface area (Å²) < 4.78 is 13.4. The molecule has 5 heteroatoms. The van der Waals surface area contributed by atoms with Crippen molar-refractivity contribution in [2.24, 2.45) is 0 Å². The number of para-hydroxylation sites is 6. The smallest absolute Gasteiger partial charge is 0.143 e. The van der Waals surface area contributed by atoms with Crippen LogP contribution < -0.4 is 11.1 Å². The van der Waals surface area contributed by atoms with Crippen LogP contribution in [0.25, 0.3) is 88.4 Å². The van der Waals surface area contributed by atoms with Crippen molar-refractivity contribution in [3.63, 3.8) is 0 Å². The summed E-state index contributed by atoms with van der Waals surface area (Å²) in [6, 6.07) is 82.8. The Morgan fingerprint density at radius 2 is 0.723 bits per heavy atom. The summed E-state index contributed by atoms with van der Waals surface area (Å²) in [5, 5.41) is 8.22. The van der Waals surface area contributed by atoms with Crippen LogP contribution >= 0.6 is 15.9 Å². The number of furan rings is 2. The molecule has 2 aromatic heterocycles. The number of nitrogen functional groups attached to an aromatic ring is 1. The van der Waals surface area contributed by atoms with Crippen LogP contribution in [0, 0.1) is 0 Å². The molecule has 65 heavy (non-hydrogen) atoms. The molecule has 0 amide bonds. The quantitative estimate of drug-likeness (QED) is 0.163. The average Bonchev–Trinajstić information content (AvgIpc) is 3.95. The van der Waals surface area contributed by atoms with Crippen molar-refractivity contribution in [2.75, 3.05) is 11.1 Å². The molecule has 3 N–H and O–H groups in total. The van der Waals surface area contributed by atoms with Crippen molar-refractivity contribution in [1.82, 2.24) is 0 Å². The Bertz CT molecular complexity index is 3520. The lowest BCUT2D eigenvalue weighted by molar-refractivity contribution is 0.669. The van der Waals surface area contributed by atoms with Gasteiger partial charge in [-0.15, -0.1) is 0 Å². The third kappa shape index (κ3) is 8.79. The van der Waals surface area contributed by atoms with Crippen molar-refractivity contribution < 1.29 is 8.83 Å². The van der Waals surface area contributed by atoms with Crippen LogP contribution in [-0.4, -0.2) is 0 Å². The standard InChI is InChI=1S/C30H21NO.C18H11BrO.C12H11N/c1-2-9-21(10-3-1)24-11-4-6-15-28(24)31-23-19-17-22(18-20-23)25-13-8-14-27-26-12-5-7-16-29(26)32-30(25)27;19-13-10-8-12(9-11-13)14-5-3-6-16-15-4-1-2-7-17(15)20-18(14)16;13-12-9-5-4-8-11(12)10-6-2-1-3-7-10/h1-20,31H;1-11H;1-9H,13H2. The molecule has 0 atom stereocenters. The largest absolute Gasteiger partial charge is 0.455 e. The Kier molecular flexibility index (Phi) is 11.8. The summed E-state index contributed by atoms with van der Waals surface area (Å²) in [5.41, 5.74) is 21.8. The minimum Gasteiger partial charge on any atom is -0.455 e. The van der Waals surface area contributed by atoms with Gasteiger partial charge in [0.1, 0.15) is 22.3 Å². The molecule has 12 rings (SSSR count). The van der Waals surface area contributed by atoms with Gasteiger partial charge in [0, 0.05) is 65.3 Å². The van der Waals surface area contributed by atoms with Gasteiger partial charge in [0.2, 0.25) is 0 Å². The van der Waals surface area contributed by atoms with Gasteiger partial charge in [-0.1, -0.05) is 210 Å². The summed E-state index contributed by atoms with van der Waals surface area (Å²) in [7, 11) is 0. The molecule has 10 aromatic carbocycles. The van der Waals surface area contributed by atoms with Crippen molar-refractivity contribution in [1.29, 1.82) is 0 Å². The molecular formula is C60H43BrN2O2. The minimum absolute atomic E-state index is 0.828. The number of rotatable bonds is 6. The van der Waals surface area contributed by atoms with E-state index < -0.39 is 0 Å². The average molecular weight is 904 g/mol. The Labute approximate surface area is 386 Å². The van der Waals surface area contributed by atoms with Gasteiger partial charge in [-0.3, -0.25) is 0 Å². The van der Waals surface area contributed by atoms with Crippen molar-refractivity contribution >= 4 is 76.9 Å². The van der Waals surface area contributed by atoms with E-state index in [1.165, 1.54) is 27.5 Å². The summed E-state index contributed by atoms with van der Waals surface area (Å²) in [6.45, 7) is 0. The van der Waals surface area contributed by atoms with Crippen LogP contribution in [0.5, 0.6) is 0 Å². The lowest BCUT2D eigenvalue weighted by Gasteiger charge is -2.13. The summed E-state index contributed by atoms with van der Waals surface area (Å²) in [6.07, 6.45) is 0. The van der Waals surface area contributed by atoms with Crippen molar-refractivity contribution in [3.05, 3.63) is 247 Å². The van der Waals surface area contributed by atoms with E-state index in [0.29, 0.717) is 0 Å². The fourth-order valence-electron chi connectivity index (χ4n) is 8.31. The van der Waals surface area contributed by atoms with E-state index in [0.717, 1.165) is 82.5 Å². The maximum absolute atomic E-state index is 6.21. The van der Waals surface area contributed by atoms with Gasteiger partial charge in [0.05, 0.1) is 0 Å². The van der Waals surface area contributed by atoms with Crippen LogP contribution in [-0.2, 0) is 0 Å². The molecule has 0 aliphatic carbocycles. The van der Waals surface area contributed by atoms with Crippen molar-refractivity contribution in [3.8, 4) is 44.5 Å². The van der Waals surface area contributed by atoms with Gasteiger partial charge in [0.25, 0.3) is 0 Å². The van der Waals surface area contributed by atoms with E-state index in [-0.39, 0.29) is 0 Å².